The van der Waals surface area contributed by atoms with Crippen molar-refractivity contribution in [2.75, 3.05) is 26.8 Å². The third-order valence-corrected chi connectivity index (χ3v) is 6.59. The van der Waals surface area contributed by atoms with Crippen molar-refractivity contribution >= 4 is 0 Å². The monoisotopic (exact) mass is 399 g/mol. The number of aliphatic hydroxyl groups is 1. The lowest BCUT2D eigenvalue weighted by molar-refractivity contribution is -0.0122. The molecule has 6 heteroatoms. The molecule has 2 heterocycles. The summed E-state index contributed by atoms with van der Waals surface area (Å²) in [5.41, 5.74) is 1.26. The van der Waals surface area contributed by atoms with Gasteiger partial charge >= 0.3 is 0 Å². The quantitative estimate of drug-likeness (QED) is 0.689. The third kappa shape index (κ3) is 4.59. The average Bonchev–Trinajstić information content (AvgIpc) is 3.37. The van der Waals surface area contributed by atoms with Gasteiger partial charge in [-0.3, -0.25) is 4.90 Å². The summed E-state index contributed by atoms with van der Waals surface area (Å²) in [6.45, 7) is 4.41. The highest BCUT2D eigenvalue weighted by Gasteiger charge is 2.44. The molecule has 1 aromatic carbocycles. The van der Waals surface area contributed by atoms with Gasteiger partial charge in [-0.1, -0.05) is 18.6 Å². The van der Waals surface area contributed by atoms with Gasteiger partial charge in [-0.2, -0.15) is 0 Å². The summed E-state index contributed by atoms with van der Waals surface area (Å²) in [5.74, 6) is 1.64. The molecule has 0 bridgehead atoms. The predicted octanol–water partition coefficient (Wildman–Crippen LogP) is 3.49. The lowest BCUT2D eigenvalue weighted by Crippen LogP contribution is -2.46. The van der Waals surface area contributed by atoms with Gasteiger partial charge in [-0.05, 0) is 44.7 Å². The minimum atomic E-state index is -0.144. The van der Waals surface area contributed by atoms with Crippen LogP contribution in [0.15, 0.2) is 36.9 Å². The molecular weight excluding hydrogens is 366 g/mol. The first kappa shape index (κ1) is 20.2. The van der Waals surface area contributed by atoms with E-state index in [0.717, 1.165) is 81.8 Å². The van der Waals surface area contributed by atoms with E-state index < -0.39 is 0 Å². The van der Waals surface area contributed by atoms with E-state index in [1.54, 1.807) is 13.3 Å². The number of hydrogen-bond acceptors (Lipinski definition) is 5. The molecule has 0 radical (unpaired) electrons. The Bertz CT molecular complexity index is 780. The number of piperidine rings is 1. The van der Waals surface area contributed by atoms with E-state index >= 15 is 0 Å². The van der Waals surface area contributed by atoms with Gasteiger partial charge in [-0.25, -0.2) is 4.98 Å². The maximum Gasteiger partial charge on any atom is 0.165 e. The summed E-state index contributed by atoms with van der Waals surface area (Å²) in [4.78, 5) is 6.57. The van der Waals surface area contributed by atoms with E-state index in [1.807, 2.05) is 24.7 Å². The number of aliphatic hydroxyl groups excluding tert-OH is 1. The van der Waals surface area contributed by atoms with E-state index in [4.69, 9.17) is 9.47 Å². The van der Waals surface area contributed by atoms with E-state index in [1.165, 1.54) is 0 Å². The van der Waals surface area contributed by atoms with Crippen LogP contribution in [-0.2, 0) is 13.1 Å². The minimum absolute atomic E-state index is 0.100. The number of likely N-dealkylation sites (tertiary alicyclic amines) is 1. The fraction of sp³-hybridized carbons (Fsp3) is 0.609. The Hall–Kier alpha value is -2.05. The Balaban J connectivity index is 1.41. The average molecular weight is 400 g/mol. The fourth-order valence-electron chi connectivity index (χ4n) is 5.08. The first-order valence-corrected chi connectivity index (χ1v) is 10.8. The molecular formula is C23H33N3O3. The smallest absolute Gasteiger partial charge is 0.165 e. The third-order valence-electron chi connectivity index (χ3n) is 6.59. The van der Waals surface area contributed by atoms with E-state index in [0.29, 0.717) is 6.61 Å². The molecule has 6 nitrogen and oxygen atoms in total. The maximum atomic E-state index is 10.6. The van der Waals surface area contributed by atoms with Crippen LogP contribution in [0, 0.1) is 5.41 Å². The molecule has 29 heavy (non-hydrogen) atoms. The molecule has 1 aliphatic heterocycles. The lowest BCUT2D eigenvalue weighted by Gasteiger charge is -2.42. The summed E-state index contributed by atoms with van der Waals surface area (Å²) in [6, 6.07) is 6.14. The molecule has 1 aliphatic carbocycles. The second-order valence-corrected chi connectivity index (χ2v) is 8.54. The molecule has 1 saturated carbocycles. The summed E-state index contributed by atoms with van der Waals surface area (Å²) in [6.07, 6.45) is 11.9. The van der Waals surface area contributed by atoms with Gasteiger partial charge < -0.3 is 19.1 Å². The zero-order valence-electron chi connectivity index (χ0n) is 17.4. The molecule has 4 rings (SSSR count). The van der Waals surface area contributed by atoms with Crippen molar-refractivity contribution < 1.29 is 14.6 Å². The zero-order chi connectivity index (χ0) is 20.1. The van der Waals surface area contributed by atoms with Crippen molar-refractivity contribution in [1.82, 2.24) is 14.5 Å². The molecule has 2 aromatic rings. The first-order valence-electron chi connectivity index (χ1n) is 10.8. The van der Waals surface area contributed by atoms with Gasteiger partial charge in [0.15, 0.2) is 11.5 Å². The Kier molecular flexibility index (Phi) is 6.40. The van der Waals surface area contributed by atoms with Crippen LogP contribution in [0.25, 0.3) is 0 Å². The molecule has 1 N–H and O–H groups in total. The summed E-state index contributed by atoms with van der Waals surface area (Å²) < 4.78 is 13.9. The minimum Gasteiger partial charge on any atom is -0.493 e. The van der Waals surface area contributed by atoms with Gasteiger partial charge in [-0.15, -0.1) is 0 Å². The van der Waals surface area contributed by atoms with Crippen LogP contribution in [0.1, 0.15) is 44.1 Å². The largest absolute Gasteiger partial charge is 0.493 e. The molecule has 1 saturated heterocycles. The second-order valence-electron chi connectivity index (χ2n) is 8.54. The SMILES string of the molecule is COc1cccc(CN2CCC[C@@]3(CCC[C@H]3O)C2)c1OCCCn1ccnc1. The molecule has 2 aliphatic rings. The molecule has 0 unspecified atom stereocenters. The van der Waals surface area contributed by atoms with Crippen molar-refractivity contribution in [3.8, 4) is 11.5 Å². The molecule has 2 fully saturated rings. The van der Waals surface area contributed by atoms with Crippen molar-refractivity contribution in [2.45, 2.75) is 57.7 Å². The van der Waals surface area contributed by atoms with Crippen LogP contribution in [0.2, 0.25) is 0 Å². The standard InChI is InChI=1S/C23H33N3O3/c1-28-20-7-2-6-19(22(20)29-15-5-13-25-14-11-24-18-25)16-26-12-4-10-23(17-26)9-3-8-21(23)27/h2,6-7,11,14,18,21,27H,3-5,8-10,12-13,15-17H2,1H3/t21-,23+/m1/s1. The van der Waals surface area contributed by atoms with Crippen molar-refractivity contribution in [3.05, 3.63) is 42.5 Å². The van der Waals surface area contributed by atoms with Crippen LogP contribution in [0.5, 0.6) is 11.5 Å². The normalized spacial score (nSPS) is 24.8. The van der Waals surface area contributed by atoms with Gasteiger partial charge in [0, 0.05) is 43.0 Å². The maximum absolute atomic E-state index is 10.6. The topological polar surface area (TPSA) is 59.8 Å². The van der Waals surface area contributed by atoms with Gasteiger partial charge in [0.05, 0.1) is 26.1 Å². The van der Waals surface area contributed by atoms with Crippen molar-refractivity contribution in [2.24, 2.45) is 5.41 Å². The molecule has 0 amide bonds. The lowest BCUT2D eigenvalue weighted by atomic mass is 9.76. The Morgan fingerprint density at radius 2 is 2.17 bits per heavy atom. The second kappa shape index (κ2) is 9.18. The summed E-state index contributed by atoms with van der Waals surface area (Å²) in [5, 5.41) is 10.6. The number of aryl methyl sites for hydroxylation is 1. The number of aromatic nitrogens is 2. The van der Waals surface area contributed by atoms with Gasteiger partial charge in [0.25, 0.3) is 0 Å². The predicted molar refractivity (Wildman–Crippen MR) is 112 cm³/mol. The Labute approximate surface area is 173 Å². The van der Waals surface area contributed by atoms with E-state index in [2.05, 4.69) is 20.5 Å². The number of methoxy groups -OCH3 is 1. The van der Waals surface area contributed by atoms with Gasteiger partial charge in [0.1, 0.15) is 0 Å². The molecule has 1 spiro atoms. The number of nitrogens with zero attached hydrogens (tertiary/aromatic N) is 3. The van der Waals surface area contributed by atoms with E-state index in [9.17, 15) is 5.11 Å². The highest BCUT2D eigenvalue weighted by Crippen LogP contribution is 2.45. The fourth-order valence-corrected chi connectivity index (χ4v) is 5.08. The molecule has 1 aromatic heterocycles. The van der Waals surface area contributed by atoms with Crippen LogP contribution < -0.4 is 9.47 Å². The van der Waals surface area contributed by atoms with Crippen LogP contribution in [-0.4, -0.2) is 52.5 Å². The zero-order valence-corrected chi connectivity index (χ0v) is 17.4. The van der Waals surface area contributed by atoms with Crippen molar-refractivity contribution in [3.63, 3.8) is 0 Å². The van der Waals surface area contributed by atoms with Gasteiger partial charge in [0.2, 0.25) is 0 Å². The summed E-state index contributed by atoms with van der Waals surface area (Å²) in [7, 11) is 1.70. The molecule has 2 atom stereocenters. The molecule has 158 valence electrons. The van der Waals surface area contributed by atoms with Crippen LogP contribution in [0.4, 0.5) is 0 Å². The first-order chi connectivity index (χ1) is 14.2. The number of hydrogen-bond donors (Lipinski definition) is 1. The highest BCUT2D eigenvalue weighted by atomic mass is 16.5. The highest BCUT2D eigenvalue weighted by molar-refractivity contribution is 5.46. The van der Waals surface area contributed by atoms with E-state index in [-0.39, 0.29) is 11.5 Å². The number of rotatable bonds is 8. The number of para-hydroxylation sites is 1. The number of ether oxygens (including phenoxy) is 2. The summed E-state index contributed by atoms with van der Waals surface area (Å²) >= 11 is 0. The Morgan fingerprint density at radius 1 is 1.28 bits per heavy atom. The van der Waals surface area contributed by atoms with Crippen LogP contribution in [0.3, 0.4) is 0 Å². The van der Waals surface area contributed by atoms with Crippen LogP contribution >= 0.6 is 0 Å². The van der Waals surface area contributed by atoms with Crippen molar-refractivity contribution in [1.29, 1.82) is 0 Å². The number of imidazole rings is 1. The number of benzene rings is 1. The Morgan fingerprint density at radius 3 is 2.93 bits per heavy atom.